The van der Waals surface area contributed by atoms with Crippen LogP contribution in [-0.4, -0.2) is 4.40 Å². The molecule has 0 amide bonds. The number of aromatic nitrogens is 2. The first-order valence-corrected chi connectivity index (χ1v) is 10.6. The largest absolute Gasteiger partial charge is 0.307 e. The van der Waals surface area contributed by atoms with E-state index in [1.807, 2.05) is 25.1 Å². The maximum atomic E-state index is 15.3. The quantitative estimate of drug-likeness (QED) is 0.181. The molecule has 3 aromatic heterocycles. The van der Waals surface area contributed by atoms with Crippen molar-refractivity contribution >= 4 is 49.0 Å². The molecule has 3 aromatic carbocycles. The normalized spacial score (nSPS) is 12.6. The Labute approximate surface area is 174 Å². The zero-order chi connectivity index (χ0) is 20.7. The third-order valence-corrected chi connectivity index (χ3v) is 6.48. The minimum absolute atomic E-state index is 0.141. The van der Waals surface area contributed by atoms with Gasteiger partial charge in [-0.15, -0.1) is 0 Å². The minimum atomic E-state index is -0.141. The molecular formula is C27H24FN2+. The molecule has 6 rings (SSSR count). The fraction of sp³-hybridized carbons (Fsp3) is 0.222. The Kier molecular flexibility index (Phi) is 3.48. The van der Waals surface area contributed by atoms with E-state index in [-0.39, 0.29) is 5.82 Å². The van der Waals surface area contributed by atoms with Crippen LogP contribution in [0, 0.1) is 18.7 Å². The molecular weight excluding hydrogens is 371 g/mol. The SMILES string of the molecule is Cc1cc(F)c2c3ccccc3n3c4cc(CC(C)C)cc5cc[n+](C)c(c1c23)c54. The third-order valence-electron chi connectivity index (χ3n) is 6.48. The van der Waals surface area contributed by atoms with Crippen molar-refractivity contribution in [3.8, 4) is 0 Å². The lowest BCUT2D eigenvalue weighted by Crippen LogP contribution is -2.29. The van der Waals surface area contributed by atoms with Gasteiger partial charge in [-0.25, -0.2) is 8.96 Å². The van der Waals surface area contributed by atoms with Crippen LogP contribution in [0.2, 0.25) is 0 Å². The molecule has 0 spiro atoms. The molecule has 0 aliphatic heterocycles. The summed E-state index contributed by atoms with van der Waals surface area (Å²) in [4.78, 5) is 0. The molecule has 148 valence electrons. The number of para-hydroxylation sites is 1. The first kappa shape index (κ1) is 17.6. The predicted molar refractivity (Wildman–Crippen MR) is 123 cm³/mol. The fourth-order valence-corrected chi connectivity index (χ4v) is 5.40. The van der Waals surface area contributed by atoms with Crippen LogP contribution in [0.4, 0.5) is 4.39 Å². The molecule has 3 heterocycles. The number of aryl methyl sites for hydroxylation is 2. The highest BCUT2D eigenvalue weighted by atomic mass is 19.1. The number of halogens is 1. The van der Waals surface area contributed by atoms with Crippen molar-refractivity contribution in [2.45, 2.75) is 27.2 Å². The van der Waals surface area contributed by atoms with Gasteiger partial charge in [-0.1, -0.05) is 38.1 Å². The Balaban J connectivity index is 2.03. The van der Waals surface area contributed by atoms with Crippen LogP contribution in [0.3, 0.4) is 0 Å². The summed E-state index contributed by atoms with van der Waals surface area (Å²) < 4.78 is 19.8. The number of pyridine rings is 2. The first-order chi connectivity index (χ1) is 14.5. The first-order valence-electron chi connectivity index (χ1n) is 10.6. The van der Waals surface area contributed by atoms with Gasteiger partial charge in [0.2, 0.25) is 5.52 Å². The number of rotatable bonds is 2. The number of hydrogen-bond donors (Lipinski definition) is 0. The van der Waals surface area contributed by atoms with Crippen molar-refractivity contribution in [3.63, 3.8) is 0 Å². The summed E-state index contributed by atoms with van der Waals surface area (Å²) >= 11 is 0. The molecule has 6 aromatic rings. The second-order valence-electron chi connectivity index (χ2n) is 9.08. The van der Waals surface area contributed by atoms with Gasteiger partial charge in [0.1, 0.15) is 12.9 Å². The zero-order valence-electron chi connectivity index (χ0n) is 17.8. The van der Waals surface area contributed by atoms with E-state index in [0.29, 0.717) is 5.92 Å². The van der Waals surface area contributed by atoms with E-state index in [4.69, 9.17) is 0 Å². The van der Waals surface area contributed by atoms with Gasteiger partial charge in [-0.2, -0.15) is 0 Å². The van der Waals surface area contributed by atoms with Gasteiger partial charge in [-0.3, -0.25) is 0 Å². The lowest BCUT2D eigenvalue weighted by Gasteiger charge is -2.15. The number of hydrogen-bond acceptors (Lipinski definition) is 0. The molecule has 0 radical (unpaired) electrons. The van der Waals surface area contributed by atoms with Crippen LogP contribution in [0.15, 0.2) is 54.7 Å². The lowest BCUT2D eigenvalue weighted by atomic mass is 9.95. The molecule has 0 saturated heterocycles. The summed E-state index contributed by atoms with van der Waals surface area (Å²) in [5.41, 5.74) is 6.71. The Morgan fingerprint density at radius 1 is 0.967 bits per heavy atom. The maximum absolute atomic E-state index is 15.3. The Hall–Kier alpha value is -3.20. The molecule has 0 aliphatic carbocycles. The summed E-state index contributed by atoms with van der Waals surface area (Å²) in [7, 11) is 2.09. The minimum Gasteiger partial charge on any atom is -0.307 e. The molecule has 0 N–H and O–H groups in total. The number of nitrogens with zero attached hydrogens (tertiary/aromatic N) is 2. The van der Waals surface area contributed by atoms with Crippen molar-refractivity contribution < 1.29 is 8.96 Å². The second-order valence-corrected chi connectivity index (χ2v) is 9.08. The van der Waals surface area contributed by atoms with E-state index >= 15 is 4.39 Å². The van der Waals surface area contributed by atoms with Crippen molar-refractivity contribution in [2.75, 3.05) is 0 Å². The zero-order valence-corrected chi connectivity index (χ0v) is 17.8. The number of benzene rings is 3. The smallest absolute Gasteiger partial charge is 0.224 e. The van der Waals surface area contributed by atoms with E-state index in [1.54, 1.807) is 6.07 Å². The third kappa shape index (κ3) is 2.15. The van der Waals surface area contributed by atoms with Gasteiger partial charge in [0, 0.05) is 16.8 Å². The molecule has 0 aliphatic rings. The standard InChI is InChI=1S/C27H24FN2/c1-15(2)11-17-13-18-9-10-29(4)26-23-16(3)12-20(28)25-19-7-5-6-8-21(19)30(27(23)25)22(14-17)24(18)26/h5-10,12-15H,11H2,1-4H3/q+1. The molecule has 2 nitrogen and oxygen atoms in total. The van der Waals surface area contributed by atoms with Crippen molar-refractivity contribution in [3.05, 3.63) is 71.7 Å². The summed E-state index contributed by atoms with van der Waals surface area (Å²) in [6.07, 6.45) is 3.16. The topological polar surface area (TPSA) is 8.29 Å². The van der Waals surface area contributed by atoms with E-state index in [1.165, 1.54) is 21.9 Å². The molecule has 0 fully saturated rings. The lowest BCUT2D eigenvalue weighted by molar-refractivity contribution is -0.643. The van der Waals surface area contributed by atoms with Crippen LogP contribution in [0.5, 0.6) is 0 Å². The van der Waals surface area contributed by atoms with Crippen molar-refractivity contribution in [1.29, 1.82) is 0 Å². The molecule has 0 saturated carbocycles. The van der Waals surface area contributed by atoms with Crippen LogP contribution < -0.4 is 4.57 Å². The Morgan fingerprint density at radius 3 is 2.57 bits per heavy atom. The van der Waals surface area contributed by atoms with E-state index in [0.717, 1.165) is 44.7 Å². The predicted octanol–water partition coefficient (Wildman–Crippen LogP) is 6.46. The molecule has 30 heavy (non-hydrogen) atoms. The Bertz CT molecular complexity index is 1620. The van der Waals surface area contributed by atoms with Gasteiger partial charge in [0.15, 0.2) is 6.20 Å². The summed E-state index contributed by atoms with van der Waals surface area (Å²) in [5, 5.41) is 5.33. The van der Waals surface area contributed by atoms with Crippen LogP contribution in [0.25, 0.3) is 49.0 Å². The summed E-state index contributed by atoms with van der Waals surface area (Å²) in [6, 6.07) is 16.8. The van der Waals surface area contributed by atoms with E-state index < -0.39 is 0 Å². The van der Waals surface area contributed by atoms with E-state index in [2.05, 4.69) is 60.3 Å². The van der Waals surface area contributed by atoms with Crippen LogP contribution in [-0.2, 0) is 13.5 Å². The molecule has 0 atom stereocenters. The van der Waals surface area contributed by atoms with Crippen LogP contribution >= 0.6 is 0 Å². The van der Waals surface area contributed by atoms with Crippen molar-refractivity contribution in [2.24, 2.45) is 13.0 Å². The average molecular weight is 396 g/mol. The average Bonchev–Trinajstić information content (AvgIpc) is 3.04. The van der Waals surface area contributed by atoms with Gasteiger partial charge >= 0.3 is 0 Å². The monoisotopic (exact) mass is 395 g/mol. The highest BCUT2D eigenvalue weighted by molar-refractivity contribution is 6.25. The van der Waals surface area contributed by atoms with E-state index in [9.17, 15) is 0 Å². The van der Waals surface area contributed by atoms with Gasteiger partial charge < -0.3 is 4.40 Å². The maximum Gasteiger partial charge on any atom is 0.224 e. The van der Waals surface area contributed by atoms with Gasteiger partial charge in [0.25, 0.3) is 0 Å². The Morgan fingerprint density at radius 2 is 1.77 bits per heavy atom. The van der Waals surface area contributed by atoms with Crippen molar-refractivity contribution in [1.82, 2.24) is 4.40 Å². The highest BCUT2D eigenvalue weighted by Gasteiger charge is 2.25. The fourth-order valence-electron chi connectivity index (χ4n) is 5.40. The van der Waals surface area contributed by atoms with Crippen LogP contribution in [0.1, 0.15) is 25.0 Å². The van der Waals surface area contributed by atoms with Gasteiger partial charge in [-0.05, 0) is 54.0 Å². The highest BCUT2D eigenvalue weighted by Crippen LogP contribution is 2.42. The second kappa shape index (κ2) is 5.91. The summed E-state index contributed by atoms with van der Waals surface area (Å²) in [6.45, 7) is 6.53. The summed E-state index contributed by atoms with van der Waals surface area (Å²) in [5.74, 6) is 0.434. The van der Waals surface area contributed by atoms with Gasteiger partial charge in [0.05, 0.1) is 27.3 Å². The molecule has 0 unspecified atom stereocenters. The number of fused-ring (bicyclic) bond motifs is 5. The molecule has 3 heteroatoms. The molecule has 0 bridgehead atoms.